The van der Waals surface area contributed by atoms with E-state index in [2.05, 4.69) is 10.6 Å². The summed E-state index contributed by atoms with van der Waals surface area (Å²) in [7, 11) is 1.88. The SMILES string of the molecule is Cc1ccc(C)c(NC(=O)[C@@H](c2ccccc2)[NH+](C)CC(=O)NC(C)C)c1. The quantitative estimate of drug-likeness (QED) is 0.700. The normalized spacial score (nSPS) is 13.1. The zero-order valence-corrected chi connectivity index (χ0v) is 16.8. The van der Waals surface area contributed by atoms with Gasteiger partial charge in [0, 0.05) is 17.3 Å². The molecule has 0 radical (unpaired) electrons. The Balaban J connectivity index is 2.25. The fourth-order valence-corrected chi connectivity index (χ4v) is 3.11. The van der Waals surface area contributed by atoms with E-state index in [0.717, 1.165) is 27.3 Å². The van der Waals surface area contributed by atoms with E-state index in [9.17, 15) is 9.59 Å². The van der Waals surface area contributed by atoms with E-state index in [1.54, 1.807) is 0 Å². The molecule has 0 aromatic heterocycles. The second-order valence-corrected chi connectivity index (χ2v) is 7.40. The Morgan fingerprint density at radius 1 is 1.04 bits per heavy atom. The molecular formula is C22H30N3O2+. The van der Waals surface area contributed by atoms with Gasteiger partial charge in [-0.25, -0.2) is 0 Å². The van der Waals surface area contributed by atoms with Crippen molar-refractivity contribution in [1.29, 1.82) is 0 Å². The maximum Gasteiger partial charge on any atom is 0.287 e. The minimum absolute atomic E-state index is 0.0667. The number of carbonyl (C=O) groups is 2. The van der Waals surface area contributed by atoms with Crippen LogP contribution in [0.5, 0.6) is 0 Å². The van der Waals surface area contributed by atoms with Gasteiger partial charge < -0.3 is 15.5 Å². The minimum atomic E-state index is -0.482. The first-order valence-electron chi connectivity index (χ1n) is 9.32. The Hall–Kier alpha value is -2.66. The third kappa shape index (κ3) is 5.93. The molecule has 0 bridgehead atoms. The second kappa shape index (κ2) is 9.33. The average molecular weight is 369 g/mol. The van der Waals surface area contributed by atoms with Crippen LogP contribution in [-0.2, 0) is 9.59 Å². The standard InChI is InChI=1S/C22H29N3O2/c1-15(2)23-20(26)14-25(5)21(18-9-7-6-8-10-18)22(27)24-19-13-16(3)11-12-17(19)4/h6-13,15,21H,14H2,1-5H3,(H,23,26)(H,24,27)/p+1/t21-/m1/s1. The van der Waals surface area contributed by atoms with Crippen LogP contribution in [0.1, 0.15) is 36.6 Å². The summed E-state index contributed by atoms with van der Waals surface area (Å²) in [6.45, 7) is 8.04. The van der Waals surface area contributed by atoms with Crippen LogP contribution in [0.2, 0.25) is 0 Å². The zero-order chi connectivity index (χ0) is 20.0. The topological polar surface area (TPSA) is 62.6 Å². The molecule has 2 amide bonds. The number of rotatable bonds is 7. The fourth-order valence-electron chi connectivity index (χ4n) is 3.11. The van der Waals surface area contributed by atoms with Crippen molar-refractivity contribution in [2.45, 2.75) is 39.8 Å². The Bertz CT molecular complexity index is 787. The van der Waals surface area contributed by atoms with Crippen molar-refractivity contribution in [3.05, 3.63) is 65.2 Å². The van der Waals surface area contributed by atoms with Crippen LogP contribution in [0.15, 0.2) is 48.5 Å². The van der Waals surface area contributed by atoms with E-state index in [-0.39, 0.29) is 24.4 Å². The monoisotopic (exact) mass is 368 g/mol. The highest BCUT2D eigenvalue weighted by atomic mass is 16.2. The van der Waals surface area contributed by atoms with Crippen molar-refractivity contribution >= 4 is 17.5 Å². The number of hydrogen-bond donors (Lipinski definition) is 3. The average Bonchev–Trinajstić information content (AvgIpc) is 2.58. The predicted molar refractivity (Wildman–Crippen MR) is 109 cm³/mol. The van der Waals surface area contributed by atoms with Crippen LogP contribution in [0.4, 0.5) is 5.69 Å². The molecule has 0 heterocycles. The first-order chi connectivity index (χ1) is 12.8. The number of nitrogens with one attached hydrogen (secondary N) is 3. The van der Waals surface area contributed by atoms with Gasteiger partial charge in [-0.15, -0.1) is 0 Å². The van der Waals surface area contributed by atoms with Crippen LogP contribution in [0, 0.1) is 13.8 Å². The smallest absolute Gasteiger partial charge is 0.287 e. The van der Waals surface area contributed by atoms with Crippen molar-refractivity contribution in [3.63, 3.8) is 0 Å². The molecule has 0 saturated heterocycles. The highest BCUT2D eigenvalue weighted by Crippen LogP contribution is 2.19. The molecule has 2 aromatic rings. The summed E-state index contributed by atoms with van der Waals surface area (Å²) in [6.07, 6.45) is 0. The van der Waals surface area contributed by atoms with Gasteiger partial charge in [0.1, 0.15) is 0 Å². The number of carbonyl (C=O) groups excluding carboxylic acids is 2. The molecule has 0 aliphatic heterocycles. The molecule has 144 valence electrons. The van der Waals surface area contributed by atoms with Gasteiger partial charge >= 0.3 is 0 Å². The molecule has 2 aromatic carbocycles. The van der Waals surface area contributed by atoms with Gasteiger partial charge in [-0.2, -0.15) is 0 Å². The van der Waals surface area contributed by atoms with E-state index >= 15 is 0 Å². The molecule has 0 aliphatic carbocycles. The molecule has 2 atom stereocenters. The fraction of sp³-hybridized carbons (Fsp3) is 0.364. The highest BCUT2D eigenvalue weighted by Gasteiger charge is 2.30. The molecule has 27 heavy (non-hydrogen) atoms. The molecule has 2 rings (SSSR count). The summed E-state index contributed by atoms with van der Waals surface area (Å²) in [5.74, 6) is -0.187. The van der Waals surface area contributed by atoms with Crippen molar-refractivity contribution in [2.24, 2.45) is 0 Å². The maximum absolute atomic E-state index is 13.2. The molecule has 5 nitrogen and oxygen atoms in total. The number of benzene rings is 2. The molecular weight excluding hydrogens is 338 g/mol. The van der Waals surface area contributed by atoms with Crippen molar-refractivity contribution in [2.75, 3.05) is 18.9 Å². The van der Waals surface area contributed by atoms with E-state index in [0.29, 0.717) is 0 Å². The first kappa shape index (κ1) is 20.6. The Morgan fingerprint density at radius 3 is 2.33 bits per heavy atom. The molecule has 1 unspecified atom stereocenters. The molecule has 0 spiro atoms. The summed E-state index contributed by atoms with van der Waals surface area (Å²) in [5, 5.41) is 5.95. The molecule has 5 heteroatoms. The van der Waals surface area contributed by atoms with Gasteiger partial charge in [0.2, 0.25) is 0 Å². The van der Waals surface area contributed by atoms with Gasteiger partial charge in [-0.3, -0.25) is 9.59 Å². The lowest BCUT2D eigenvalue weighted by molar-refractivity contribution is -0.894. The Morgan fingerprint density at radius 2 is 1.70 bits per heavy atom. The lowest BCUT2D eigenvalue weighted by atomic mass is 10.0. The van der Waals surface area contributed by atoms with Crippen LogP contribution >= 0.6 is 0 Å². The number of aryl methyl sites for hydroxylation is 2. The van der Waals surface area contributed by atoms with Crippen LogP contribution < -0.4 is 15.5 Å². The number of hydrogen-bond acceptors (Lipinski definition) is 2. The van der Waals surface area contributed by atoms with Crippen molar-refractivity contribution < 1.29 is 14.5 Å². The highest BCUT2D eigenvalue weighted by molar-refractivity contribution is 5.95. The van der Waals surface area contributed by atoms with Gasteiger partial charge in [-0.1, -0.05) is 42.5 Å². The first-order valence-corrected chi connectivity index (χ1v) is 9.32. The third-order valence-corrected chi connectivity index (χ3v) is 4.43. The van der Waals surface area contributed by atoms with Gasteiger partial charge in [0.25, 0.3) is 11.8 Å². The van der Waals surface area contributed by atoms with Gasteiger partial charge in [0.15, 0.2) is 12.6 Å². The number of quaternary nitrogens is 1. The van der Waals surface area contributed by atoms with Crippen LogP contribution in [-0.4, -0.2) is 31.4 Å². The number of anilines is 1. The summed E-state index contributed by atoms with van der Waals surface area (Å²) in [4.78, 5) is 26.2. The molecule has 0 aliphatic rings. The summed E-state index contributed by atoms with van der Waals surface area (Å²) >= 11 is 0. The lowest BCUT2D eigenvalue weighted by Gasteiger charge is -2.25. The lowest BCUT2D eigenvalue weighted by Crippen LogP contribution is -3.11. The summed E-state index contributed by atoms with van der Waals surface area (Å²) in [6, 6.07) is 15.2. The predicted octanol–water partition coefficient (Wildman–Crippen LogP) is 2.02. The minimum Gasteiger partial charge on any atom is -0.349 e. The number of amides is 2. The summed E-state index contributed by atoms with van der Waals surface area (Å²) in [5.41, 5.74) is 3.79. The molecule has 3 N–H and O–H groups in total. The van der Waals surface area contributed by atoms with E-state index in [1.807, 2.05) is 83.3 Å². The van der Waals surface area contributed by atoms with Crippen LogP contribution in [0.3, 0.4) is 0 Å². The van der Waals surface area contributed by atoms with E-state index < -0.39 is 6.04 Å². The molecule has 0 fully saturated rings. The second-order valence-electron chi connectivity index (χ2n) is 7.40. The third-order valence-electron chi connectivity index (χ3n) is 4.43. The largest absolute Gasteiger partial charge is 0.349 e. The van der Waals surface area contributed by atoms with E-state index in [4.69, 9.17) is 0 Å². The van der Waals surface area contributed by atoms with Crippen molar-refractivity contribution in [3.8, 4) is 0 Å². The van der Waals surface area contributed by atoms with E-state index in [1.165, 1.54) is 0 Å². The van der Waals surface area contributed by atoms with Gasteiger partial charge in [-0.05, 0) is 44.9 Å². The van der Waals surface area contributed by atoms with Crippen molar-refractivity contribution in [1.82, 2.24) is 5.32 Å². The Kier molecular flexibility index (Phi) is 7.13. The van der Waals surface area contributed by atoms with Crippen LogP contribution in [0.25, 0.3) is 0 Å². The maximum atomic E-state index is 13.2. The summed E-state index contributed by atoms with van der Waals surface area (Å²) < 4.78 is 0. The number of likely N-dealkylation sites (N-methyl/N-ethyl adjacent to an activating group) is 1. The zero-order valence-electron chi connectivity index (χ0n) is 16.8. The van der Waals surface area contributed by atoms with Gasteiger partial charge in [0.05, 0.1) is 7.05 Å². The Labute approximate surface area is 161 Å². The molecule has 0 saturated carbocycles.